The minimum atomic E-state index is 0.877. The van der Waals surface area contributed by atoms with E-state index in [1.807, 2.05) is 12.1 Å². The number of alkyl halides is 1. The van der Waals surface area contributed by atoms with E-state index < -0.39 is 0 Å². The number of halogens is 2. The Hall–Kier alpha value is 0.230. The highest BCUT2D eigenvalue weighted by molar-refractivity contribution is 14.1. The molecule has 0 heterocycles. The van der Waals surface area contributed by atoms with Crippen molar-refractivity contribution in [3.63, 3.8) is 0 Å². The number of hydrogen-bond donors (Lipinski definition) is 0. The zero-order valence-electron chi connectivity index (χ0n) is 6.10. The van der Waals surface area contributed by atoms with Gasteiger partial charge in [-0.05, 0) is 34.2 Å². The van der Waals surface area contributed by atoms with Crippen LogP contribution in [0.2, 0.25) is 0 Å². The number of rotatable bonds is 2. The van der Waals surface area contributed by atoms with E-state index in [0.717, 1.165) is 11.1 Å². The van der Waals surface area contributed by atoms with Crippen LogP contribution in [0.3, 0.4) is 0 Å². The van der Waals surface area contributed by atoms with Gasteiger partial charge in [-0.25, -0.2) is 0 Å². The molecule has 0 spiro atoms. The smallest absolute Gasteiger partial charge is 0.132 e. The Kier molecular flexibility index (Phi) is 3.65. The van der Waals surface area contributed by atoms with E-state index in [1.54, 1.807) is 7.11 Å². The van der Waals surface area contributed by atoms with E-state index in [9.17, 15) is 0 Å². The molecule has 0 amide bonds. The van der Waals surface area contributed by atoms with Crippen LogP contribution in [0, 0.1) is 3.57 Å². The molecular weight excluding hydrogens is 319 g/mol. The van der Waals surface area contributed by atoms with E-state index in [1.165, 1.54) is 9.13 Å². The van der Waals surface area contributed by atoms with Crippen molar-refractivity contribution in [2.45, 2.75) is 5.33 Å². The largest absolute Gasteiger partial charge is 0.496 e. The molecule has 3 heteroatoms. The van der Waals surface area contributed by atoms with Crippen molar-refractivity contribution in [2.24, 2.45) is 0 Å². The molecule has 0 aromatic heterocycles. The molecular formula is C8H8BrIO. The quantitative estimate of drug-likeness (QED) is 0.599. The van der Waals surface area contributed by atoms with Gasteiger partial charge in [0.15, 0.2) is 0 Å². The highest BCUT2D eigenvalue weighted by Gasteiger charge is 2.02. The molecule has 0 N–H and O–H groups in total. The third-order valence-corrected chi connectivity index (χ3v) is 3.24. The number of hydrogen-bond acceptors (Lipinski definition) is 1. The summed E-state index contributed by atoms with van der Waals surface area (Å²) in [6.45, 7) is 0. The van der Waals surface area contributed by atoms with Crippen molar-refractivity contribution >= 4 is 38.5 Å². The molecule has 0 aliphatic carbocycles. The molecule has 0 unspecified atom stereocenters. The molecule has 1 nitrogen and oxygen atoms in total. The lowest BCUT2D eigenvalue weighted by molar-refractivity contribution is 0.411. The predicted molar refractivity (Wildman–Crippen MR) is 58.3 cm³/mol. The first kappa shape index (κ1) is 9.32. The van der Waals surface area contributed by atoms with Gasteiger partial charge in [0.25, 0.3) is 0 Å². The second-order valence-electron chi connectivity index (χ2n) is 2.07. The summed E-state index contributed by atoms with van der Waals surface area (Å²) in [4.78, 5) is 0. The maximum absolute atomic E-state index is 5.16. The van der Waals surface area contributed by atoms with Crippen molar-refractivity contribution in [1.82, 2.24) is 0 Å². The van der Waals surface area contributed by atoms with E-state index in [2.05, 4.69) is 44.6 Å². The maximum atomic E-state index is 5.16. The number of ether oxygens (including phenoxy) is 1. The van der Waals surface area contributed by atoms with E-state index >= 15 is 0 Å². The first-order valence-electron chi connectivity index (χ1n) is 3.17. The summed E-state index contributed by atoms with van der Waals surface area (Å²) in [6, 6.07) is 6.05. The van der Waals surface area contributed by atoms with Gasteiger partial charge in [0, 0.05) is 5.33 Å². The Morgan fingerprint density at radius 2 is 2.27 bits per heavy atom. The van der Waals surface area contributed by atoms with Crippen molar-refractivity contribution in [1.29, 1.82) is 0 Å². The minimum absolute atomic E-state index is 0.877. The molecule has 0 saturated carbocycles. The van der Waals surface area contributed by atoms with Crippen LogP contribution < -0.4 is 4.74 Å². The zero-order valence-corrected chi connectivity index (χ0v) is 9.85. The Bertz CT molecular complexity index is 228. The van der Waals surface area contributed by atoms with Gasteiger partial charge >= 0.3 is 0 Å². The zero-order chi connectivity index (χ0) is 8.27. The standard InChI is InChI=1S/C8H8BrIO/c1-11-7-4-2-3-6(5-9)8(7)10/h2-4H,5H2,1H3. The fourth-order valence-corrected chi connectivity index (χ4v) is 2.58. The predicted octanol–water partition coefficient (Wildman–Crippen LogP) is 3.19. The third-order valence-electron chi connectivity index (χ3n) is 1.41. The summed E-state index contributed by atoms with van der Waals surface area (Å²) in [7, 11) is 1.69. The molecule has 0 aliphatic heterocycles. The van der Waals surface area contributed by atoms with E-state index in [4.69, 9.17) is 4.74 Å². The summed E-state index contributed by atoms with van der Waals surface area (Å²) < 4.78 is 6.34. The molecule has 0 fully saturated rings. The second-order valence-corrected chi connectivity index (χ2v) is 3.71. The molecule has 0 saturated heterocycles. The average molecular weight is 327 g/mol. The Morgan fingerprint density at radius 3 is 2.82 bits per heavy atom. The Labute approximate surface area is 88.4 Å². The highest BCUT2D eigenvalue weighted by atomic mass is 127. The first-order chi connectivity index (χ1) is 5.29. The Balaban J connectivity index is 3.10. The van der Waals surface area contributed by atoms with Gasteiger partial charge in [-0.2, -0.15) is 0 Å². The molecule has 11 heavy (non-hydrogen) atoms. The summed E-state index contributed by atoms with van der Waals surface area (Å²) in [5.74, 6) is 0.947. The molecule has 1 aromatic carbocycles. The van der Waals surface area contributed by atoms with Gasteiger partial charge in [-0.15, -0.1) is 0 Å². The topological polar surface area (TPSA) is 9.23 Å². The van der Waals surface area contributed by atoms with Gasteiger partial charge < -0.3 is 4.74 Å². The van der Waals surface area contributed by atoms with E-state index in [-0.39, 0.29) is 0 Å². The van der Waals surface area contributed by atoms with E-state index in [0.29, 0.717) is 0 Å². The fourth-order valence-electron chi connectivity index (χ4n) is 0.817. The average Bonchev–Trinajstić information content (AvgIpc) is 2.05. The normalized spacial score (nSPS) is 9.73. The Morgan fingerprint density at radius 1 is 1.55 bits per heavy atom. The highest BCUT2D eigenvalue weighted by Crippen LogP contribution is 2.25. The second kappa shape index (κ2) is 4.30. The summed E-state index contributed by atoms with van der Waals surface area (Å²) in [5, 5.41) is 0.877. The van der Waals surface area contributed by atoms with Crippen LogP contribution in [-0.4, -0.2) is 7.11 Å². The van der Waals surface area contributed by atoms with Crippen LogP contribution >= 0.6 is 38.5 Å². The van der Waals surface area contributed by atoms with Gasteiger partial charge in [0.1, 0.15) is 5.75 Å². The third kappa shape index (κ3) is 2.08. The lowest BCUT2D eigenvalue weighted by Crippen LogP contribution is -1.90. The molecule has 0 aliphatic rings. The van der Waals surface area contributed by atoms with Gasteiger partial charge in [-0.3, -0.25) is 0 Å². The molecule has 0 radical (unpaired) electrons. The molecule has 1 aromatic rings. The van der Waals surface area contributed by atoms with Crippen molar-refractivity contribution in [2.75, 3.05) is 7.11 Å². The van der Waals surface area contributed by atoms with Crippen LogP contribution in [0.1, 0.15) is 5.56 Å². The molecule has 60 valence electrons. The van der Waals surface area contributed by atoms with Gasteiger partial charge in [0.05, 0.1) is 10.7 Å². The summed E-state index contributed by atoms with van der Waals surface area (Å²) in [5.41, 5.74) is 1.27. The van der Waals surface area contributed by atoms with Gasteiger partial charge in [0.2, 0.25) is 0 Å². The first-order valence-corrected chi connectivity index (χ1v) is 5.37. The molecule has 0 atom stereocenters. The maximum Gasteiger partial charge on any atom is 0.132 e. The van der Waals surface area contributed by atoms with Crippen molar-refractivity contribution in [3.05, 3.63) is 27.3 Å². The minimum Gasteiger partial charge on any atom is -0.496 e. The molecule has 1 rings (SSSR count). The summed E-state index contributed by atoms with van der Waals surface area (Å²) in [6.07, 6.45) is 0. The monoisotopic (exact) mass is 326 g/mol. The number of benzene rings is 1. The number of methoxy groups -OCH3 is 1. The fraction of sp³-hybridized carbons (Fsp3) is 0.250. The van der Waals surface area contributed by atoms with Crippen LogP contribution in [0.4, 0.5) is 0 Å². The van der Waals surface area contributed by atoms with Crippen LogP contribution in [0.25, 0.3) is 0 Å². The lowest BCUT2D eigenvalue weighted by atomic mass is 10.2. The lowest BCUT2D eigenvalue weighted by Gasteiger charge is -2.05. The summed E-state index contributed by atoms with van der Waals surface area (Å²) >= 11 is 5.70. The van der Waals surface area contributed by atoms with Gasteiger partial charge in [-0.1, -0.05) is 28.1 Å². The van der Waals surface area contributed by atoms with Crippen LogP contribution in [0.5, 0.6) is 5.75 Å². The van der Waals surface area contributed by atoms with Crippen molar-refractivity contribution in [3.8, 4) is 5.75 Å². The van der Waals surface area contributed by atoms with Crippen LogP contribution in [-0.2, 0) is 5.33 Å². The SMILES string of the molecule is COc1cccc(CBr)c1I. The van der Waals surface area contributed by atoms with Crippen LogP contribution in [0.15, 0.2) is 18.2 Å². The van der Waals surface area contributed by atoms with Crippen molar-refractivity contribution < 1.29 is 4.74 Å². The molecule has 0 bridgehead atoms.